The highest BCUT2D eigenvalue weighted by Gasteiger charge is 2.41. The molecule has 1 fully saturated rings. The summed E-state index contributed by atoms with van der Waals surface area (Å²) in [6, 6.07) is 8.67. The highest BCUT2D eigenvalue weighted by Crippen LogP contribution is 2.29. The number of carbonyl (C=O) groups excluding carboxylic acids is 2. The van der Waals surface area contributed by atoms with Gasteiger partial charge in [0.1, 0.15) is 0 Å². The Kier molecular flexibility index (Phi) is 4.85. The van der Waals surface area contributed by atoms with Crippen LogP contribution in [0.5, 0.6) is 11.8 Å². The smallest absolute Gasteiger partial charge is 0.245 e. The molecule has 130 valence electrons. The standard InChI is InChI=1S/C17H16ClN3O4/c1-24-13-9-14(25-2)20-17(19-13)21-15(22)8-11(16(21)23)7-10-3-5-12(18)6-4-10/h3-6,9,11H,7-8H2,1-2H3/t11-/m0/s1. The highest BCUT2D eigenvalue weighted by molar-refractivity contribution is 6.30. The van der Waals surface area contributed by atoms with E-state index in [1.54, 1.807) is 12.1 Å². The Hall–Kier alpha value is -2.67. The van der Waals surface area contributed by atoms with Gasteiger partial charge in [-0.25, -0.2) is 4.90 Å². The maximum Gasteiger partial charge on any atom is 0.245 e. The normalized spacial score (nSPS) is 17.1. The molecule has 1 aliphatic rings. The van der Waals surface area contributed by atoms with Gasteiger partial charge < -0.3 is 9.47 Å². The third-order valence-electron chi connectivity index (χ3n) is 3.92. The lowest BCUT2D eigenvalue weighted by molar-refractivity contribution is -0.122. The fraction of sp³-hybridized carbons (Fsp3) is 0.294. The van der Waals surface area contributed by atoms with Gasteiger partial charge in [-0.05, 0) is 24.1 Å². The van der Waals surface area contributed by atoms with E-state index in [2.05, 4.69) is 9.97 Å². The number of rotatable bonds is 5. The monoisotopic (exact) mass is 361 g/mol. The molecule has 1 aliphatic heterocycles. The molecule has 0 saturated carbocycles. The number of aromatic nitrogens is 2. The van der Waals surface area contributed by atoms with Crippen LogP contribution >= 0.6 is 11.6 Å². The molecule has 2 aromatic rings. The quantitative estimate of drug-likeness (QED) is 0.760. The fourth-order valence-electron chi connectivity index (χ4n) is 2.67. The number of imide groups is 1. The average Bonchev–Trinajstić information content (AvgIpc) is 2.90. The summed E-state index contributed by atoms with van der Waals surface area (Å²) in [4.78, 5) is 34.2. The molecular formula is C17H16ClN3O4. The van der Waals surface area contributed by atoms with Gasteiger partial charge >= 0.3 is 0 Å². The first-order valence-electron chi connectivity index (χ1n) is 7.60. The van der Waals surface area contributed by atoms with Gasteiger partial charge in [-0.1, -0.05) is 23.7 Å². The van der Waals surface area contributed by atoms with Crippen LogP contribution in [0, 0.1) is 5.92 Å². The van der Waals surface area contributed by atoms with Gasteiger partial charge in [0.05, 0.1) is 26.2 Å². The minimum absolute atomic E-state index is 0.0372. The summed E-state index contributed by atoms with van der Waals surface area (Å²) in [5.74, 6) is -0.763. The number of amides is 2. The van der Waals surface area contributed by atoms with E-state index < -0.39 is 5.92 Å². The number of ether oxygens (including phenoxy) is 2. The van der Waals surface area contributed by atoms with Crippen LogP contribution in [0.4, 0.5) is 5.95 Å². The Labute approximate surface area is 149 Å². The molecule has 1 aromatic heterocycles. The zero-order valence-electron chi connectivity index (χ0n) is 13.7. The van der Waals surface area contributed by atoms with Crippen LogP contribution in [-0.2, 0) is 16.0 Å². The van der Waals surface area contributed by atoms with E-state index in [0.29, 0.717) is 11.4 Å². The summed E-state index contributed by atoms with van der Waals surface area (Å²) < 4.78 is 10.1. The minimum atomic E-state index is -0.463. The molecule has 1 aromatic carbocycles. The Morgan fingerprint density at radius 2 is 1.72 bits per heavy atom. The Balaban J connectivity index is 1.85. The van der Waals surface area contributed by atoms with Crippen LogP contribution in [0.2, 0.25) is 5.02 Å². The van der Waals surface area contributed by atoms with E-state index in [-0.39, 0.29) is 35.9 Å². The second-order valence-corrected chi connectivity index (χ2v) is 5.99. The molecule has 25 heavy (non-hydrogen) atoms. The first kappa shape index (κ1) is 17.2. The van der Waals surface area contributed by atoms with E-state index >= 15 is 0 Å². The lowest BCUT2D eigenvalue weighted by Gasteiger charge is -2.14. The summed E-state index contributed by atoms with van der Waals surface area (Å²) in [5.41, 5.74) is 0.932. The number of hydrogen-bond donors (Lipinski definition) is 0. The summed E-state index contributed by atoms with van der Waals surface area (Å²) in [6.07, 6.45) is 0.545. The van der Waals surface area contributed by atoms with E-state index in [1.165, 1.54) is 20.3 Å². The molecule has 0 bridgehead atoms. The van der Waals surface area contributed by atoms with Gasteiger partial charge in [0.15, 0.2) is 0 Å². The van der Waals surface area contributed by atoms with Gasteiger partial charge in [0, 0.05) is 11.4 Å². The average molecular weight is 362 g/mol. The molecule has 3 rings (SSSR count). The van der Waals surface area contributed by atoms with Crippen LogP contribution in [0.15, 0.2) is 30.3 Å². The molecule has 2 heterocycles. The Bertz CT molecular complexity index is 788. The van der Waals surface area contributed by atoms with Crippen molar-refractivity contribution in [2.24, 2.45) is 5.92 Å². The molecule has 1 saturated heterocycles. The molecular weight excluding hydrogens is 346 g/mol. The first-order chi connectivity index (χ1) is 12.0. The zero-order chi connectivity index (χ0) is 18.0. The van der Waals surface area contributed by atoms with E-state index in [9.17, 15) is 9.59 Å². The van der Waals surface area contributed by atoms with Crippen molar-refractivity contribution in [3.05, 3.63) is 40.9 Å². The lowest BCUT2D eigenvalue weighted by Crippen LogP contribution is -2.32. The molecule has 8 heteroatoms. The second kappa shape index (κ2) is 7.06. The predicted molar refractivity (Wildman–Crippen MR) is 90.9 cm³/mol. The molecule has 0 aliphatic carbocycles. The number of hydrogen-bond acceptors (Lipinski definition) is 6. The summed E-state index contributed by atoms with van der Waals surface area (Å²) in [6.45, 7) is 0. The molecule has 7 nitrogen and oxygen atoms in total. The predicted octanol–water partition coefficient (Wildman–Crippen LogP) is 2.27. The molecule has 1 atom stereocenters. The number of benzene rings is 1. The SMILES string of the molecule is COc1cc(OC)nc(N2C(=O)C[C@H](Cc3ccc(Cl)cc3)C2=O)n1. The summed E-state index contributed by atoms with van der Waals surface area (Å²) >= 11 is 5.87. The molecule has 0 N–H and O–H groups in total. The van der Waals surface area contributed by atoms with Gasteiger partial charge in [-0.2, -0.15) is 9.97 Å². The maximum atomic E-state index is 12.7. The van der Waals surface area contributed by atoms with Crippen LogP contribution in [0.25, 0.3) is 0 Å². The first-order valence-corrected chi connectivity index (χ1v) is 7.98. The third kappa shape index (κ3) is 3.56. The van der Waals surface area contributed by atoms with Crippen molar-refractivity contribution in [3.8, 4) is 11.8 Å². The molecule has 0 unspecified atom stereocenters. The van der Waals surface area contributed by atoms with E-state index in [1.807, 2.05) is 12.1 Å². The van der Waals surface area contributed by atoms with Gasteiger partial charge in [-0.3, -0.25) is 9.59 Å². The van der Waals surface area contributed by atoms with Crippen molar-refractivity contribution >= 4 is 29.4 Å². The number of carbonyl (C=O) groups is 2. The van der Waals surface area contributed by atoms with Gasteiger partial charge in [0.2, 0.25) is 29.5 Å². The van der Waals surface area contributed by atoms with Crippen LogP contribution in [-0.4, -0.2) is 36.0 Å². The number of anilines is 1. The van der Waals surface area contributed by atoms with Crippen molar-refractivity contribution in [2.75, 3.05) is 19.1 Å². The third-order valence-corrected chi connectivity index (χ3v) is 4.17. The number of halogens is 1. The van der Waals surface area contributed by atoms with Crippen LogP contribution in [0.3, 0.4) is 0 Å². The van der Waals surface area contributed by atoms with Gasteiger partial charge in [0.25, 0.3) is 0 Å². The Morgan fingerprint density at radius 3 is 2.28 bits per heavy atom. The summed E-state index contributed by atoms with van der Waals surface area (Å²) in [5, 5.41) is 0.621. The van der Waals surface area contributed by atoms with E-state index in [0.717, 1.165) is 10.5 Å². The van der Waals surface area contributed by atoms with Crippen molar-refractivity contribution in [1.82, 2.24) is 9.97 Å². The highest BCUT2D eigenvalue weighted by atomic mass is 35.5. The van der Waals surface area contributed by atoms with Crippen LogP contribution < -0.4 is 14.4 Å². The van der Waals surface area contributed by atoms with E-state index in [4.69, 9.17) is 21.1 Å². The van der Waals surface area contributed by atoms with Crippen molar-refractivity contribution in [1.29, 1.82) is 0 Å². The summed E-state index contributed by atoms with van der Waals surface area (Å²) in [7, 11) is 2.87. The second-order valence-electron chi connectivity index (χ2n) is 5.55. The van der Waals surface area contributed by atoms with Crippen molar-refractivity contribution in [3.63, 3.8) is 0 Å². The largest absolute Gasteiger partial charge is 0.481 e. The molecule has 0 radical (unpaired) electrons. The number of methoxy groups -OCH3 is 2. The molecule has 0 spiro atoms. The van der Waals surface area contributed by atoms with Gasteiger partial charge in [-0.15, -0.1) is 0 Å². The zero-order valence-corrected chi connectivity index (χ0v) is 14.5. The fourth-order valence-corrected chi connectivity index (χ4v) is 2.80. The van der Waals surface area contributed by atoms with Crippen LogP contribution in [0.1, 0.15) is 12.0 Å². The topological polar surface area (TPSA) is 81.6 Å². The van der Waals surface area contributed by atoms with Crippen molar-refractivity contribution < 1.29 is 19.1 Å². The lowest BCUT2D eigenvalue weighted by atomic mass is 9.98. The maximum absolute atomic E-state index is 12.7. The Morgan fingerprint density at radius 1 is 1.12 bits per heavy atom. The molecule has 2 amide bonds. The van der Waals surface area contributed by atoms with Crippen molar-refractivity contribution in [2.45, 2.75) is 12.8 Å². The minimum Gasteiger partial charge on any atom is -0.481 e. The number of nitrogens with zero attached hydrogens (tertiary/aromatic N) is 3.